The Hall–Kier alpha value is -0.890. The van der Waals surface area contributed by atoms with Crippen molar-refractivity contribution in [1.82, 2.24) is 4.98 Å². The summed E-state index contributed by atoms with van der Waals surface area (Å²) in [5.74, 6) is 0.322. The number of aliphatic hydroxyl groups is 1. The van der Waals surface area contributed by atoms with Crippen LogP contribution in [0.2, 0.25) is 0 Å². The molecule has 1 heterocycles. The predicted molar refractivity (Wildman–Crippen MR) is 65.0 cm³/mol. The first-order valence-electron chi connectivity index (χ1n) is 5.88. The second kappa shape index (κ2) is 3.30. The highest BCUT2D eigenvalue weighted by Crippen LogP contribution is 2.72. The summed E-state index contributed by atoms with van der Waals surface area (Å²) >= 11 is 0. The molecule has 2 nitrogen and oxygen atoms in total. The summed E-state index contributed by atoms with van der Waals surface area (Å²) in [7, 11) is 0. The zero-order chi connectivity index (χ0) is 12.1. The fraction of sp³-hybridized carbons (Fsp3) is 0.643. The van der Waals surface area contributed by atoms with Crippen molar-refractivity contribution in [3.63, 3.8) is 0 Å². The van der Waals surface area contributed by atoms with Gasteiger partial charge in [-0.25, -0.2) is 0 Å². The van der Waals surface area contributed by atoms with E-state index in [1.807, 2.05) is 13.0 Å². The van der Waals surface area contributed by atoms with E-state index in [0.717, 1.165) is 11.1 Å². The van der Waals surface area contributed by atoms with E-state index in [4.69, 9.17) is 0 Å². The Bertz CT molecular complexity index is 395. The van der Waals surface area contributed by atoms with Gasteiger partial charge in [-0.1, -0.05) is 27.7 Å². The van der Waals surface area contributed by atoms with Gasteiger partial charge in [0, 0.05) is 23.9 Å². The van der Waals surface area contributed by atoms with Crippen LogP contribution in [0.25, 0.3) is 0 Å². The van der Waals surface area contributed by atoms with E-state index in [-0.39, 0.29) is 10.8 Å². The van der Waals surface area contributed by atoms with Crippen molar-refractivity contribution in [2.24, 2.45) is 16.7 Å². The van der Waals surface area contributed by atoms with Gasteiger partial charge in [0.2, 0.25) is 0 Å². The molecule has 1 atom stereocenters. The smallest absolute Gasteiger partial charge is 0.0846 e. The Morgan fingerprint density at radius 2 is 1.81 bits per heavy atom. The van der Waals surface area contributed by atoms with Gasteiger partial charge in [0.05, 0.1) is 6.10 Å². The van der Waals surface area contributed by atoms with Crippen LogP contribution in [0, 0.1) is 23.7 Å². The molecule has 1 unspecified atom stereocenters. The minimum Gasteiger partial charge on any atom is -0.388 e. The third-order valence-electron chi connectivity index (χ3n) is 4.85. The molecule has 2 rings (SSSR count). The molecule has 0 bridgehead atoms. The molecule has 0 radical (unpaired) electrons. The predicted octanol–water partition coefficient (Wildman–Crippen LogP) is 3.11. The Balaban J connectivity index is 2.29. The number of aliphatic hydroxyl groups excluding tert-OH is 1. The van der Waals surface area contributed by atoms with E-state index < -0.39 is 6.10 Å². The van der Waals surface area contributed by atoms with E-state index in [1.54, 1.807) is 12.4 Å². The van der Waals surface area contributed by atoms with Gasteiger partial charge < -0.3 is 5.11 Å². The summed E-state index contributed by atoms with van der Waals surface area (Å²) in [6.45, 7) is 10.9. The topological polar surface area (TPSA) is 33.1 Å². The van der Waals surface area contributed by atoms with Crippen LogP contribution in [0.1, 0.15) is 44.9 Å². The van der Waals surface area contributed by atoms with Gasteiger partial charge in [-0.2, -0.15) is 0 Å². The maximum atomic E-state index is 10.5. The molecule has 2 heteroatoms. The molecule has 1 aromatic heterocycles. The number of hydrogen-bond donors (Lipinski definition) is 1. The van der Waals surface area contributed by atoms with Crippen LogP contribution in [0.3, 0.4) is 0 Å². The molecule has 1 aliphatic rings. The number of nitrogens with zero attached hydrogens (tertiary/aromatic N) is 1. The first-order valence-corrected chi connectivity index (χ1v) is 5.88. The van der Waals surface area contributed by atoms with Crippen molar-refractivity contribution in [3.05, 3.63) is 29.6 Å². The van der Waals surface area contributed by atoms with Gasteiger partial charge in [0.15, 0.2) is 0 Å². The first-order chi connectivity index (χ1) is 7.30. The van der Waals surface area contributed by atoms with Crippen LogP contribution >= 0.6 is 0 Å². The molecule has 88 valence electrons. The van der Waals surface area contributed by atoms with Gasteiger partial charge in [-0.15, -0.1) is 0 Å². The third-order valence-corrected chi connectivity index (χ3v) is 4.85. The summed E-state index contributed by atoms with van der Waals surface area (Å²) in [6, 6.07) is 1.96. The molecule has 0 amide bonds. The highest BCUT2D eigenvalue weighted by Gasteiger charge is 2.67. The molecule has 1 aromatic rings. The van der Waals surface area contributed by atoms with E-state index >= 15 is 0 Å². The monoisotopic (exact) mass is 219 g/mol. The minimum absolute atomic E-state index is 0.203. The molecule has 1 saturated carbocycles. The van der Waals surface area contributed by atoms with Crippen LogP contribution in [-0.2, 0) is 0 Å². The minimum atomic E-state index is -0.390. The summed E-state index contributed by atoms with van der Waals surface area (Å²) in [5.41, 5.74) is 2.51. The second-order valence-corrected chi connectivity index (χ2v) is 6.10. The largest absolute Gasteiger partial charge is 0.388 e. The van der Waals surface area contributed by atoms with Crippen LogP contribution in [0.15, 0.2) is 18.5 Å². The van der Waals surface area contributed by atoms with E-state index in [9.17, 15) is 5.11 Å². The molecule has 1 aliphatic carbocycles. The van der Waals surface area contributed by atoms with E-state index in [2.05, 4.69) is 32.7 Å². The standard InChI is InChI=1S/C14H21NO/c1-9-6-7-15-8-10(9)11(16)12-13(2,3)14(12,4)5/h6-8,11-12,16H,1-5H3. The zero-order valence-electron chi connectivity index (χ0n) is 10.8. The quantitative estimate of drug-likeness (QED) is 0.829. The average molecular weight is 219 g/mol. The van der Waals surface area contributed by atoms with Crippen molar-refractivity contribution in [3.8, 4) is 0 Å². The molecule has 1 fully saturated rings. The lowest BCUT2D eigenvalue weighted by atomic mass is 9.98. The lowest BCUT2D eigenvalue weighted by molar-refractivity contribution is 0.129. The van der Waals surface area contributed by atoms with E-state index in [0.29, 0.717) is 5.92 Å². The molecular weight excluding hydrogens is 198 g/mol. The Morgan fingerprint density at radius 3 is 2.25 bits per heavy atom. The Morgan fingerprint density at radius 1 is 1.25 bits per heavy atom. The maximum Gasteiger partial charge on any atom is 0.0846 e. The average Bonchev–Trinajstić information content (AvgIpc) is 2.57. The SMILES string of the molecule is Cc1ccncc1C(O)C1C(C)(C)C1(C)C. The number of aromatic nitrogens is 1. The van der Waals surface area contributed by atoms with Crippen LogP contribution < -0.4 is 0 Å². The van der Waals surface area contributed by atoms with Crippen molar-refractivity contribution in [2.45, 2.75) is 40.7 Å². The van der Waals surface area contributed by atoms with Crippen molar-refractivity contribution >= 4 is 0 Å². The highest BCUT2D eigenvalue weighted by molar-refractivity contribution is 5.29. The third kappa shape index (κ3) is 1.40. The summed E-state index contributed by atoms with van der Waals surface area (Å²) in [4.78, 5) is 4.11. The van der Waals surface area contributed by atoms with Crippen LogP contribution in [0.5, 0.6) is 0 Å². The van der Waals surface area contributed by atoms with Crippen molar-refractivity contribution < 1.29 is 5.11 Å². The Kier molecular flexibility index (Phi) is 2.39. The van der Waals surface area contributed by atoms with Crippen molar-refractivity contribution in [2.75, 3.05) is 0 Å². The Labute approximate surface area is 97.7 Å². The molecule has 0 aliphatic heterocycles. The van der Waals surface area contributed by atoms with E-state index in [1.165, 1.54) is 0 Å². The fourth-order valence-electron chi connectivity index (χ4n) is 3.00. The van der Waals surface area contributed by atoms with Crippen LogP contribution in [-0.4, -0.2) is 10.1 Å². The number of aryl methyl sites for hydroxylation is 1. The second-order valence-electron chi connectivity index (χ2n) is 6.10. The van der Waals surface area contributed by atoms with Crippen molar-refractivity contribution in [1.29, 1.82) is 0 Å². The lowest BCUT2D eigenvalue weighted by Crippen LogP contribution is -2.07. The highest BCUT2D eigenvalue weighted by atomic mass is 16.3. The van der Waals surface area contributed by atoms with Gasteiger partial charge in [-0.3, -0.25) is 4.98 Å². The van der Waals surface area contributed by atoms with Gasteiger partial charge in [0.25, 0.3) is 0 Å². The summed E-state index contributed by atoms with van der Waals surface area (Å²) < 4.78 is 0. The summed E-state index contributed by atoms with van der Waals surface area (Å²) in [6.07, 6.45) is 3.18. The molecule has 1 N–H and O–H groups in total. The summed E-state index contributed by atoms with van der Waals surface area (Å²) in [5, 5.41) is 10.5. The lowest BCUT2D eigenvalue weighted by Gasteiger charge is -2.15. The normalized spacial score (nSPS) is 24.1. The number of rotatable bonds is 2. The molecule has 16 heavy (non-hydrogen) atoms. The molecular formula is C14H21NO. The van der Waals surface area contributed by atoms with Gasteiger partial charge >= 0.3 is 0 Å². The zero-order valence-corrected chi connectivity index (χ0v) is 10.8. The maximum absolute atomic E-state index is 10.5. The van der Waals surface area contributed by atoms with Gasteiger partial charge in [0.1, 0.15) is 0 Å². The first kappa shape index (κ1) is 11.6. The fourth-order valence-corrected chi connectivity index (χ4v) is 3.00. The van der Waals surface area contributed by atoms with Gasteiger partial charge in [-0.05, 0) is 29.4 Å². The molecule has 0 spiro atoms. The number of pyridine rings is 1. The number of hydrogen-bond acceptors (Lipinski definition) is 2. The van der Waals surface area contributed by atoms with Crippen LogP contribution in [0.4, 0.5) is 0 Å². The molecule has 0 saturated heterocycles. The molecule has 0 aromatic carbocycles.